The Hall–Kier alpha value is -0.970. The lowest BCUT2D eigenvalue weighted by molar-refractivity contribution is 0.173. The zero-order chi connectivity index (χ0) is 12.5. The van der Waals surface area contributed by atoms with E-state index in [2.05, 4.69) is 17.1 Å². The van der Waals surface area contributed by atoms with E-state index in [1.807, 2.05) is 12.1 Å². The molecule has 0 bridgehead atoms. The number of piperazine rings is 1. The van der Waals surface area contributed by atoms with Crippen LogP contribution in [0.1, 0.15) is 18.5 Å². The normalized spacial score (nSPS) is 21.0. The van der Waals surface area contributed by atoms with Gasteiger partial charge in [-0.15, -0.1) is 0 Å². The van der Waals surface area contributed by atoms with E-state index in [9.17, 15) is 0 Å². The van der Waals surface area contributed by atoms with Crippen LogP contribution < -0.4 is 14.8 Å². The van der Waals surface area contributed by atoms with Gasteiger partial charge in [0.1, 0.15) is 0 Å². The summed E-state index contributed by atoms with van der Waals surface area (Å²) in [6.07, 6.45) is 0. The van der Waals surface area contributed by atoms with Gasteiger partial charge in [-0.3, -0.25) is 4.90 Å². The van der Waals surface area contributed by atoms with E-state index >= 15 is 0 Å². The molecule has 0 saturated carbocycles. The molecule has 0 amide bonds. The highest BCUT2D eigenvalue weighted by Crippen LogP contribution is 2.40. The van der Waals surface area contributed by atoms with Crippen LogP contribution in [-0.4, -0.2) is 37.9 Å². The summed E-state index contributed by atoms with van der Waals surface area (Å²) in [7, 11) is 0. The molecule has 0 spiro atoms. The Morgan fingerprint density at radius 3 is 2.61 bits per heavy atom. The smallest absolute Gasteiger partial charge is 0.231 e. The minimum absolute atomic E-state index is 0.289. The van der Waals surface area contributed by atoms with Gasteiger partial charge in [-0.25, -0.2) is 0 Å². The standard InChI is InChI=1S/C13H17ClN2O2/c1-9(16-4-2-15-3-5-16)10-6-12-13(7-11(10)14)18-8-17-12/h6-7,9,15H,2-5,8H2,1H3/t9-/m1/s1. The Morgan fingerprint density at radius 1 is 1.22 bits per heavy atom. The number of ether oxygens (including phenoxy) is 2. The zero-order valence-electron chi connectivity index (χ0n) is 10.4. The Balaban J connectivity index is 1.86. The molecule has 0 unspecified atom stereocenters. The van der Waals surface area contributed by atoms with Crippen LogP contribution in [0.2, 0.25) is 5.02 Å². The quantitative estimate of drug-likeness (QED) is 0.890. The van der Waals surface area contributed by atoms with Gasteiger partial charge in [0.25, 0.3) is 0 Å². The summed E-state index contributed by atoms with van der Waals surface area (Å²) >= 11 is 6.34. The Morgan fingerprint density at radius 2 is 1.89 bits per heavy atom. The van der Waals surface area contributed by atoms with Gasteiger partial charge in [0.15, 0.2) is 11.5 Å². The molecule has 0 aromatic heterocycles. The van der Waals surface area contributed by atoms with Gasteiger partial charge >= 0.3 is 0 Å². The largest absolute Gasteiger partial charge is 0.454 e. The first kappa shape index (κ1) is 12.1. The topological polar surface area (TPSA) is 33.7 Å². The fraction of sp³-hybridized carbons (Fsp3) is 0.538. The predicted molar refractivity (Wildman–Crippen MR) is 70.4 cm³/mol. The first-order valence-corrected chi connectivity index (χ1v) is 6.67. The molecule has 2 aliphatic rings. The van der Waals surface area contributed by atoms with Gasteiger partial charge in [-0.05, 0) is 18.6 Å². The Bertz CT molecular complexity index is 447. The van der Waals surface area contributed by atoms with Crippen LogP contribution >= 0.6 is 11.6 Å². The highest BCUT2D eigenvalue weighted by molar-refractivity contribution is 6.31. The number of rotatable bonds is 2. The first-order valence-electron chi connectivity index (χ1n) is 6.29. The van der Waals surface area contributed by atoms with Crippen LogP contribution in [-0.2, 0) is 0 Å². The number of hydrogen-bond acceptors (Lipinski definition) is 4. The van der Waals surface area contributed by atoms with Gasteiger partial charge in [0, 0.05) is 43.3 Å². The summed E-state index contributed by atoms with van der Waals surface area (Å²) in [6.45, 7) is 6.64. The second kappa shape index (κ2) is 4.96. The van der Waals surface area contributed by atoms with Crippen molar-refractivity contribution in [2.24, 2.45) is 0 Å². The average Bonchev–Trinajstić information content (AvgIpc) is 2.85. The maximum Gasteiger partial charge on any atom is 0.231 e. The lowest BCUT2D eigenvalue weighted by Gasteiger charge is -2.33. The van der Waals surface area contributed by atoms with Crippen molar-refractivity contribution in [1.29, 1.82) is 0 Å². The highest BCUT2D eigenvalue weighted by Gasteiger charge is 2.23. The number of nitrogens with one attached hydrogen (secondary N) is 1. The minimum Gasteiger partial charge on any atom is -0.454 e. The van der Waals surface area contributed by atoms with Crippen LogP contribution in [0.25, 0.3) is 0 Å². The van der Waals surface area contributed by atoms with Crippen LogP contribution in [0, 0.1) is 0 Å². The second-order valence-corrected chi connectivity index (χ2v) is 5.10. The average molecular weight is 269 g/mol. The SMILES string of the molecule is C[C@H](c1cc2c(cc1Cl)OCO2)N1CCNCC1. The third kappa shape index (κ3) is 2.16. The lowest BCUT2D eigenvalue weighted by atomic mass is 10.1. The van der Waals surface area contributed by atoms with Gasteiger partial charge in [0.2, 0.25) is 6.79 Å². The fourth-order valence-corrected chi connectivity index (χ4v) is 2.83. The fourth-order valence-electron chi connectivity index (χ4n) is 2.52. The molecule has 1 atom stereocenters. The molecule has 98 valence electrons. The van der Waals surface area contributed by atoms with Crippen molar-refractivity contribution in [2.75, 3.05) is 33.0 Å². The summed E-state index contributed by atoms with van der Waals surface area (Å²) in [5.74, 6) is 1.55. The van der Waals surface area contributed by atoms with Crippen LogP contribution in [0.4, 0.5) is 0 Å². The van der Waals surface area contributed by atoms with Crippen molar-refractivity contribution < 1.29 is 9.47 Å². The van der Waals surface area contributed by atoms with Gasteiger partial charge in [-0.1, -0.05) is 11.6 Å². The Kier molecular flexibility index (Phi) is 3.33. The number of hydrogen-bond donors (Lipinski definition) is 1. The van der Waals surface area contributed by atoms with Crippen LogP contribution in [0.15, 0.2) is 12.1 Å². The summed E-state index contributed by atoms with van der Waals surface area (Å²) < 4.78 is 10.7. The zero-order valence-corrected chi connectivity index (χ0v) is 11.2. The van der Waals surface area contributed by atoms with E-state index in [1.165, 1.54) is 0 Å². The third-order valence-corrected chi connectivity index (χ3v) is 3.97. The molecule has 1 aromatic carbocycles. The van der Waals surface area contributed by atoms with E-state index < -0.39 is 0 Å². The molecule has 2 aliphatic heterocycles. The molecular weight excluding hydrogens is 252 g/mol. The van der Waals surface area contributed by atoms with E-state index in [4.69, 9.17) is 21.1 Å². The van der Waals surface area contributed by atoms with Crippen LogP contribution in [0.3, 0.4) is 0 Å². The first-order chi connectivity index (χ1) is 8.75. The molecule has 3 rings (SSSR count). The van der Waals surface area contributed by atoms with Crippen molar-refractivity contribution in [1.82, 2.24) is 10.2 Å². The monoisotopic (exact) mass is 268 g/mol. The number of halogens is 1. The van der Waals surface area contributed by atoms with Crippen LogP contribution in [0.5, 0.6) is 11.5 Å². The van der Waals surface area contributed by atoms with E-state index in [0.29, 0.717) is 6.04 Å². The van der Waals surface area contributed by atoms with E-state index in [-0.39, 0.29) is 6.79 Å². The third-order valence-electron chi connectivity index (χ3n) is 3.64. The van der Waals surface area contributed by atoms with Crippen molar-refractivity contribution in [3.05, 3.63) is 22.7 Å². The van der Waals surface area contributed by atoms with Gasteiger partial charge in [-0.2, -0.15) is 0 Å². The molecule has 0 radical (unpaired) electrons. The molecule has 4 nitrogen and oxygen atoms in total. The number of benzene rings is 1. The molecule has 5 heteroatoms. The highest BCUT2D eigenvalue weighted by atomic mass is 35.5. The van der Waals surface area contributed by atoms with Crippen molar-refractivity contribution in [3.63, 3.8) is 0 Å². The molecule has 1 saturated heterocycles. The van der Waals surface area contributed by atoms with Crippen molar-refractivity contribution >= 4 is 11.6 Å². The van der Waals surface area contributed by atoms with Gasteiger partial charge in [0.05, 0.1) is 0 Å². The second-order valence-electron chi connectivity index (χ2n) is 4.69. The predicted octanol–water partition coefficient (Wildman–Crippen LogP) is 2.03. The summed E-state index contributed by atoms with van der Waals surface area (Å²) in [5, 5.41) is 4.11. The van der Waals surface area contributed by atoms with E-state index in [1.54, 1.807) is 0 Å². The Labute approximate surface area is 112 Å². The maximum atomic E-state index is 6.34. The summed E-state index contributed by atoms with van der Waals surface area (Å²) in [6, 6.07) is 4.17. The molecule has 0 aliphatic carbocycles. The van der Waals surface area contributed by atoms with Crippen molar-refractivity contribution in [2.45, 2.75) is 13.0 Å². The summed E-state index contributed by atoms with van der Waals surface area (Å²) in [4.78, 5) is 2.43. The molecule has 1 N–H and O–H groups in total. The van der Waals surface area contributed by atoms with Crippen molar-refractivity contribution in [3.8, 4) is 11.5 Å². The van der Waals surface area contributed by atoms with Gasteiger partial charge < -0.3 is 14.8 Å². The number of fused-ring (bicyclic) bond motifs is 1. The minimum atomic E-state index is 0.289. The summed E-state index contributed by atoms with van der Waals surface area (Å²) in [5.41, 5.74) is 1.11. The lowest BCUT2D eigenvalue weighted by Crippen LogP contribution is -2.44. The maximum absolute atomic E-state index is 6.34. The number of nitrogens with zero attached hydrogens (tertiary/aromatic N) is 1. The molecule has 18 heavy (non-hydrogen) atoms. The molecule has 1 aromatic rings. The molecular formula is C13H17ClN2O2. The molecule has 2 heterocycles. The molecule has 1 fully saturated rings. The van der Waals surface area contributed by atoms with E-state index in [0.717, 1.165) is 48.3 Å².